The van der Waals surface area contributed by atoms with E-state index in [1.54, 1.807) is 0 Å². The van der Waals surface area contributed by atoms with Gasteiger partial charge in [0, 0.05) is 6.61 Å². The summed E-state index contributed by atoms with van der Waals surface area (Å²) in [6.45, 7) is 11.4. The van der Waals surface area contributed by atoms with Gasteiger partial charge in [-0.3, -0.25) is 0 Å². The van der Waals surface area contributed by atoms with E-state index in [1.165, 1.54) is 21.5 Å². The van der Waals surface area contributed by atoms with Crippen LogP contribution in [0.15, 0.2) is 54.6 Å². The van der Waals surface area contributed by atoms with Crippen LogP contribution in [0.1, 0.15) is 6.92 Å². The van der Waals surface area contributed by atoms with Gasteiger partial charge in [0.05, 0.1) is 0 Å². The third-order valence-corrected chi connectivity index (χ3v) is 7.61. The molecule has 3 rings (SSSR count). The molecule has 0 fully saturated rings. The molecule has 0 N–H and O–H groups in total. The van der Waals surface area contributed by atoms with E-state index in [1.807, 2.05) is 13.5 Å². The van der Waals surface area contributed by atoms with Crippen LogP contribution in [-0.4, -0.2) is 24.2 Å². The number of hydrogen-bond acceptors (Lipinski definition) is 3. The van der Waals surface area contributed by atoms with Crippen LogP contribution in [0.2, 0.25) is 26.2 Å². The van der Waals surface area contributed by atoms with E-state index in [-0.39, 0.29) is 24.8 Å². The minimum absolute atomic E-state index is 0. The summed E-state index contributed by atoms with van der Waals surface area (Å²) >= 11 is 0.750. The third kappa shape index (κ3) is 10.2. The summed E-state index contributed by atoms with van der Waals surface area (Å²) in [5.41, 5.74) is 0. The van der Waals surface area contributed by atoms with Crippen molar-refractivity contribution in [1.29, 1.82) is 0 Å². The number of benzene rings is 2. The Kier molecular flexibility index (Phi) is 15.8. The van der Waals surface area contributed by atoms with Gasteiger partial charge in [-0.25, -0.2) is 0 Å². The van der Waals surface area contributed by atoms with Crippen molar-refractivity contribution in [2.45, 2.75) is 33.1 Å². The Morgan fingerprint density at radius 2 is 1.33 bits per heavy atom. The number of fused-ring (bicyclic) bond motifs is 3. The van der Waals surface area contributed by atoms with Crippen molar-refractivity contribution < 1.29 is 32.3 Å². The van der Waals surface area contributed by atoms with Gasteiger partial charge >= 0.3 is 33.0 Å². The fourth-order valence-electron chi connectivity index (χ4n) is 2.57. The molecule has 0 aliphatic carbocycles. The maximum atomic E-state index is 8.25. The van der Waals surface area contributed by atoms with Crippen LogP contribution in [-0.2, 0) is 32.3 Å². The predicted molar refractivity (Wildman–Crippen MR) is 120 cm³/mol. The fraction of sp³-hybridized carbons (Fsp3) is 0.316. The van der Waals surface area contributed by atoms with E-state index >= 15 is 0 Å². The van der Waals surface area contributed by atoms with Crippen molar-refractivity contribution in [1.82, 2.24) is 0 Å². The SMILES string of the molecule is CCO[Si](C)O[Si](C)(C)C.Cl.Cl.[O]=[Ti+].c1ccc2c(c1)[cH-]c1ccccc12. The second-order valence-corrected chi connectivity index (χ2v) is 12.8. The maximum absolute atomic E-state index is 8.25. The summed E-state index contributed by atoms with van der Waals surface area (Å²) in [7, 11) is -2.27. The van der Waals surface area contributed by atoms with Gasteiger partial charge < -0.3 is 8.54 Å². The molecule has 8 heteroatoms. The second kappa shape index (κ2) is 14.7. The van der Waals surface area contributed by atoms with Crippen LogP contribution in [0.25, 0.3) is 21.5 Å². The minimum atomic E-state index is -1.34. The van der Waals surface area contributed by atoms with Crippen LogP contribution < -0.4 is 0 Å². The maximum Gasteiger partial charge on any atom is -0.0771 e. The number of hydrogen-bond donors (Lipinski definition) is 0. The van der Waals surface area contributed by atoms with Crippen LogP contribution in [0.5, 0.6) is 0 Å². The smallest absolute Gasteiger partial charge is 0.0771 e. The van der Waals surface area contributed by atoms with Crippen molar-refractivity contribution in [3.63, 3.8) is 0 Å². The predicted octanol–water partition coefficient (Wildman–Crippen LogP) is 6.43. The van der Waals surface area contributed by atoms with Gasteiger partial charge in [-0.2, -0.15) is 0 Å². The molecule has 1 radical (unpaired) electrons. The van der Waals surface area contributed by atoms with Gasteiger partial charge in [0.2, 0.25) is 0 Å². The molecular weight excluding hydrogens is 451 g/mol. The van der Waals surface area contributed by atoms with Gasteiger partial charge in [-0.05, 0) is 33.1 Å². The molecule has 0 aliphatic rings. The molecule has 3 aromatic rings. The van der Waals surface area contributed by atoms with Crippen molar-refractivity contribution in [3.05, 3.63) is 54.6 Å². The molecule has 0 aliphatic heterocycles. The van der Waals surface area contributed by atoms with Crippen LogP contribution in [0.3, 0.4) is 0 Å². The summed E-state index contributed by atoms with van der Waals surface area (Å²) in [6, 6.07) is 19.3. The zero-order chi connectivity index (χ0) is 18.9. The molecule has 0 heterocycles. The quantitative estimate of drug-likeness (QED) is 0.320. The van der Waals surface area contributed by atoms with Gasteiger partial charge in [-0.1, -0.05) is 36.4 Å². The van der Waals surface area contributed by atoms with Gasteiger partial charge in [0.1, 0.15) is 0 Å². The molecular formula is C19H28Cl2O3Si2Ti. The molecule has 0 bridgehead atoms. The largest absolute Gasteiger partial charge is 0.126 e. The van der Waals surface area contributed by atoms with Crippen molar-refractivity contribution >= 4 is 64.0 Å². The first-order valence-corrected chi connectivity index (χ1v) is 14.2. The van der Waals surface area contributed by atoms with Crippen LogP contribution in [0, 0.1) is 0 Å². The Bertz CT molecular complexity index is 728. The monoisotopic (exact) mass is 478 g/mol. The minimum Gasteiger partial charge on any atom is -0.126 e. The van der Waals surface area contributed by atoms with E-state index in [2.05, 4.69) is 74.2 Å². The average molecular weight is 479 g/mol. The molecule has 3 nitrogen and oxygen atoms in total. The molecule has 0 amide bonds. The molecule has 148 valence electrons. The zero-order valence-corrected chi connectivity index (χ0v) is 21.6. The zero-order valence-electron chi connectivity index (χ0n) is 16.4. The molecule has 0 aromatic heterocycles. The van der Waals surface area contributed by atoms with Crippen molar-refractivity contribution in [3.8, 4) is 0 Å². The molecule has 0 atom stereocenters. The molecule has 3 aromatic carbocycles. The molecule has 0 spiro atoms. The fourth-order valence-corrected chi connectivity index (χ4v) is 6.66. The van der Waals surface area contributed by atoms with Gasteiger partial charge in [-0.15, -0.1) is 64.6 Å². The van der Waals surface area contributed by atoms with Crippen LogP contribution in [0.4, 0.5) is 0 Å². The molecule has 27 heavy (non-hydrogen) atoms. The van der Waals surface area contributed by atoms with E-state index in [0.29, 0.717) is 0 Å². The summed E-state index contributed by atoms with van der Waals surface area (Å²) in [4.78, 5) is 0. The summed E-state index contributed by atoms with van der Waals surface area (Å²) < 4.78 is 19.3. The first-order valence-electron chi connectivity index (χ1n) is 8.29. The van der Waals surface area contributed by atoms with E-state index in [4.69, 9.17) is 11.9 Å². The Morgan fingerprint density at radius 1 is 0.926 bits per heavy atom. The Hall–Kier alpha value is -0.242. The molecule has 0 unspecified atom stereocenters. The standard InChI is InChI=1S/C13H9.C6H17O2Si2.2ClH.O.Ti/c1-3-7-12-10(5-1)9-11-6-2-4-8-13(11)12;1-6-7-9(2)8-10(3,4)5;;;;/h1-9H;6H2,1-5H3;2*1H;;/q-1;;;;;+1. The van der Waals surface area contributed by atoms with Crippen LogP contribution >= 0.6 is 24.8 Å². The van der Waals surface area contributed by atoms with E-state index in [9.17, 15) is 0 Å². The number of halogens is 2. The summed E-state index contributed by atoms with van der Waals surface area (Å²) in [6.07, 6.45) is 0. The first kappa shape index (κ1) is 29.0. The average Bonchev–Trinajstić information content (AvgIpc) is 2.94. The third-order valence-electron chi connectivity index (χ3n) is 3.32. The molecule has 0 saturated carbocycles. The van der Waals surface area contributed by atoms with Crippen molar-refractivity contribution in [2.24, 2.45) is 0 Å². The van der Waals surface area contributed by atoms with E-state index in [0.717, 1.165) is 27.0 Å². The summed E-state index contributed by atoms with van der Waals surface area (Å²) in [5, 5.41) is 5.39. The van der Waals surface area contributed by atoms with Gasteiger partial charge in [0.15, 0.2) is 8.32 Å². The second-order valence-electron chi connectivity index (χ2n) is 6.46. The Morgan fingerprint density at radius 3 is 1.70 bits per heavy atom. The Labute approximate surface area is 189 Å². The topological polar surface area (TPSA) is 35.5 Å². The van der Waals surface area contributed by atoms with Gasteiger partial charge in [0.25, 0.3) is 0 Å². The normalized spacial score (nSPS) is 10.2. The Balaban J connectivity index is 0. The first-order chi connectivity index (χ1) is 11.9. The molecule has 0 saturated heterocycles. The van der Waals surface area contributed by atoms with Crippen molar-refractivity contribution in [2.75, 3.05) is 6.61 Å². The number of rotatable bonds is 4. The van der Waals surface area contributed by atoms with E-state index < -0.39 is 17.6 Å². The summed E-state index contributed by atoms with van der Waals surface area (Å²) in [5.74, 6) is 0.